The lowest BCUT2D eigenvalue weighted by Crippen LogP contribution is -2.56. The van der Waals surface area contributed by atoms with E-state index in [0.717, 1.165) is 12.8 Å². The molecule has 3 aliphatic heterocycles. The van der Waals surface area contributed by atoms with E-state index in [1.807, 2.05) is 4.90 Å². The van der Waals surface area contributed by atoms with Crippen LogP contribution in [0.5, 0.6) is 0 Å². The van der Waals surface area contributed by atoms with Gasteiger partial charge in [-0.2, -0.15) is 13.2 Å². The van der Waals surface area contributed by atoms with Crippen molar-refractivity contribution < 1.29 is 22.7 Å². The van der Waals surface area contributed by atoms with Gasteiger partial charge in [-0.25, -0.2) is 0 Å². The van der Waals surface area contributed by atoms with Crippen LogP contribution in [0.1, 0.15) is 19.3 Å². The maximum absolute atomic E-state index is 12.5. The fourth-order valence-electron chi connectivity index (χ4n) is 3.94. The first-order valence-corrected chi connectivity index (χ1v) is 9.53. The van der Waals surface area contributed by atoms with E-state index in [0.29, 0.717) is 58.3 Å². The van der Waals surface area contributed by atoms with E-state index in [1.165, 1.54) is 4.90 Å². The van der Waals surface area contributed by atoms with Crippen LogP contribution in [0.2, 0.25) is 0 Å². The average Bonchev–Trinajstić information content (AvgIpc) is 3.30. The van der Waals surface area contributed by atoms with Crippen LogP contribution < -0.4 is 5.32 Å². The summed E-state index contributed by atoms with van der Waals surface area (Å²) in [5.41, 5.74) is 0. The number of hydrogen-bond donors (Lipinski definition) is 1. The first-order chi connectivity index (χ1) is 12.9. The number of nitrogens with zero attached hydrogens (tertiary/aromatic N) is 4. The van der Waals surface area contributed by atoms with Crippen LogP contribution >= 0.6 is 0 Å². The van der Waals surface area contributed by atoms with Gasteiger partial charge in [-0.3, -0.25) is 14.7 Å². The summed E-state index contributed by atoms with van der Waals surface area (Å²) in [5.74, 6) is 0.756. The summed E-state index contributed by atoms with van der Waals surface area (Å²) in [6.07, 6.45) is -2.08. The minimum atomic E-state index is -4.16. The lowest BCUT2D eigenvalue weighted by molar-refractivity contribution is -0.144. The summed E-state index contributed by atoms with van der Waals surface area (Å²) in [5, 5.41) is 3.29. The number of rotatable bonds is 3. The highest BCUT2D eigenvalue weighted by Gasteiger charge is 2.35. The van der Waals surface area contributed by atoms with Crippen molar-refractivity contribution in [2.45, 2.75) is 37.6 Å². The number of likely N-dealkylation sites (tertiary alicyclic amines) is 1. The molecular weight excluding hydrogens is 363 g/mol. The Morgan fingerprint density at radius 1 is 1.15 bits per heavy atom. The smallest absolute Gasteiger partial charge is 0.368 e. The Bertz CT molecular complexity index is 543. The highest BCUT2D eigenvalue weighted by Crippen LogP contribution is 2.20. The zero-order valence-corrected chi connectivity index (χ0v) is 15.7. The molecule has 10 heteroatoms. The molecule has 154 valence electrons. The number of guanidine groups is 1. The summed E-state index contributed by atoms with van der Waals surface area (Å²) in [6.45, 7) is 3.07. The molecule has 1 N–H and O–H groups in total. The van der Waals surface area contributed by atoms with Gasteiger partial charge in [-0.1, -0.05) is 0 Å². The summed E-state index contributed by atoms with van der Waals surface area (Å²) >= 11 is 0. The number of halogens is 3. The number of carbonyl (C=O) groups is 1. The van der Waals surface area contributed by atoms with E-state index in [-0.39, 0.29) is 18.1 Å². The molecule has 1 amide bonds. The summed E-state index contributed by atoms with van der Waals surface area (Å²) in [7, 11) is 1.68. The quantitative estimate of drug-likeness (QED) is 0.562. The Balaban J connectivity index is 1.45. The number of carbonyl (C=O) groups excluding carboxylic acids is 1. The second kappa shape index (κ2) is 8.64. The molecule has 2 unspecified atom stereocenters. The average molecular weight is 391 g/mol. The lowest BCUT2D eigenvalue weighted by Gasteiger charge is -2.38. The number of aliphatic imine (C=N–C) groups is 1. The third kappa shape index (κ3) is 5.47. The Kier molecular flexibility index (Phi) is 6.46. The van der Waals surface area contributed by atoms with E-state index < -0.39 is 12.7 Å². The van der Waals surface area contributed by atoms with E-state index in [9.17, 15) is 18.0 Å². The molecule has 0 aliphatic carbocycles. The monoisotopic (exact) mass is 391 g/mol. The summed E-state index contributed by atoms with van der Waals surface area (Å²) in [4.78, 5) is 22.0. The van der Waals surface area contributed by atoms with E-state index in [4.69, 9.17) is 4.74 Å². The maximum Gasteiger partial charge on any atom is 0.401 e. The van der Waals surface area contributed by atoms with Gasteiger partial charge in [0.1, 0.15) is 6.10 Å². The molecule has 3 fully saturated rings. The lowest BCUT2D eigenvalue weighted by atomic mass is 10.2. The molecule has 3 aliphatic rings. The predicted octanol–water partition coefficient (Wildman–Crippen LogP) is 0.522. The van der Waals surface area contributed by atoms with Crippen molar-refractivity contribution in [1.82, 2.24) is 20.0 Å². The SMILES string of the molecule is CN=C(NC1CCN(CC(F)(F)F)C1)N1CCN(C(=O)C2CCCO2)CC1. The predicted molar refractivity (Wildman–Crippen MR) is 94.5 cm³/mol. The first kappa shape index (κ1) is 20.2. The zero-order chi connectivity index (χ0) is 19.4. The normalized spacial score (nSPS) is 28.1. The van der Waals surface area contributed by atoms with E-state index in [2.05, 4.69) is 15.2 Å². The van der Waals surface area contributed by atoms with Crippen molar-refractivity contribution in [3.05, 3.63) is 0 Å². The molecule has 0 aromatic carbocycles. The highest BCUT2D eigenvalue weighted by molar-refractivity contribution is 5.83. The molecule has 2 atom stereocenters. The van der Waals surface area contributed by atoms with Crippen molar-refractivity contribution in [3.63, 3.8) is 0 Å². The number of ether oxygens (including phenoxy) is 1. The number of hydrogen-bond acceptors (Lipinski definition) is 4. The van der Waals surface area contributed by atoms with Gasteiger partial charge in [0.15, 0.2) is 5.96 Å². The molecule has 7 nitrogen and oxygen atoms in total. The summed E-state index contributed by atoms with van der Waals surface area (Å²) in [6, 6.07) is -0.0439. The van der Waals surface area contributed by atoms with Crippen LogP contribution in [-0.2, 0) is 9.53 Å². The standard InChI is InChI=1S/C17H28F3N5O2/c1-21-16(22-13-4-5-23(11-13)12-17(18,19)20)25-8-6-24(7-9-25)15(26)14-3-2-10-27-14/h13-14H,2-12H2,1H3,(H,21,22). The van der Waals surface area contributed by atoms with Gasteiger partial charge in [0.05, 0.1) is 6.54 Å². The van der Waals surface area contributed by atoms with Gasteiger partial charge in [0.2, 0.25) is 0 Å². The minimum Gasteiger partial charge on any atom is -0.368 e. The van der Waals surface area contributed by atoms with Crippen LogP contribution in [0, 0.1) is 0 Å². The Hall–Kier alpha value is -1.55. The van der Waals surface area contributed by atoms with Crippen LogP contribution in [0.15, 0.2) is 4.99 Å². The molecule has 0 aromatic rings. The largest absolute Gasteiger partial charge is 0.401 e. The molecule has 0 radical (unpaired) electrons. The number of piperazine rings is 1. The second-order valence-electron chi connectivity index (χ2n) is 7.34. The van der Waals surface area contributed by atoms with E-state index >= 15 is 0 Å². The van der Waals surface area contributed by atoms with Crippen molar-refractivity contribution in [1.29, 1.82) is 0 Å². The molecule has 27 heavy (non-hydrogen) atoms. The van der Waals surface area contributed by atoms with Crippen LogP contribution in [0.3, 0.4) is 0 Å². The fraction of sp³-hybridized carbons (Fsp3) is 0.882. The Labute approximate surface area is 157 Å². The number of alkyl halides is 3. The highest BCUT2D eigenvalue weighted by atomic mass is 19.4. The van der Waals surface area contributed by atoms with Crippen molar-refractivity contribution in [2.75, 3.05) is 59.5 Å². The number of nitrogens with one attached hydrogen (secondary N) is 1. The van der Waals surface area contributed by atoms with Gasteiger partial charge in [0.25, 0.3) is 5.91 Å². The van der Waals surface area contributed by atoms with Gasteiger partial charge >= 0.3 is 6.18 Å². The van der Waals surface area contributed by atoms with Crippen LogP contribution in [0.25, 0.3) is 0 Å². The molecular formula is C17H28F3N5O2. The van der Waals surface area contributed by atoms with Gasteiger partial charge in [0, 0.05) is 59.0 Å². The zero-order valence-electron chi connectivity index (χ0n) is 15.7. The van der Waals surface area contributed by atoms with Crippen LogP contribution in [0.4, 0.5) is 13.2 Å². The van der Waals surface area contributed by atoms with Gasteiger partial charge < -0.3 is 19.9 Å². The van der Waals surface area contributed by atoms with Gasteiger partial charge in [-0.15, -0.1) is 0 Å². The van der Waals surface area contributed by atoms with Crippen molar-refractivity contribution in [3.8, 4) is 0 Å². The van der Waals surface area contributed by atoms with Crippen molar-refractivity contribution in [2.24, 2.45) is 4.99 Å². The molecule has 3 rings (SSSR count). The van der Waals surface area contributed by atoms with Crippen molar-refractivity contribution >= 4 is 11.9 Å². The minimum absolute atomic E-state index is 0.0439. The number of amides is 1. The summed E-state index contributed by atoms with van der Waals surface area (Å²) < 4.78 is 43.1. The second-order valence-corrected chi connectivity index (χ2v) is 7.34. The van der Waals surface area contributed by atoms with E-state index in [1.54, 1.807) is 7.05 Å². The maximum atomic E-state index is 12.5. The molecule has 0 spiro atoms. The Morgan fingerprint density at radius 2 is 1.85 bits per heavy atom. The molecule has 3 saturated heterocycles. The molecule has 0 aromatic heterocycles. The van der Waals surface area contributed by atoms with Gasteiger partial charge in [-0.05, 0) is 19.3 Å². The Morgan fingerprint density at radius 3 is 2.44 bits per heavy atom. The molecule has 0 bridgehead atoms. The topological polar surface area (TPSA) is 60.4 Å². The third-order valence-electron chi connectivity index (χ3n) is 5.32. The van der Waals surface area contributed by atoms with Crippen LogP contribution in [-0.4, -0.2) is 104 Å². The third-order valence-corrected chi connectivity index (χ3v) is 5.32. The first-order valence-electron chi connectivity index (χ1n) is 9.53. The molecule has 3 heterocycles. The molecule has 0 saturated carbocycles. The fourth-order valence-corrected chi connectivity index (χ4v) is 3.94.